The predicted octanol–water partition coefficient (Wildman–Crippen LogP) is 6.38. The normalized spacial score (nSPS) is 14.8. The van der Waals surface area contributed by atoms with E-state index in [0.717, 1.165) is 56.6 Å². The van der Waals surface area contributed by atoms with Gasteiger partial charge in [0.05, 0.1) is 49.3 Å². The lowest BCUT2D eigenvalue weighted by Crippen LogP contribution is -2.37. The number of rotatable bonds is 16. The van der Waals surface area contributed by atoms with Crippen LogP contribution in [0.1, 0.15) is 49.7 Å². The van der Waals surface area contributed by atoms with E-state index >= 15 is 0 Å². The first-order chi connectivity index (χ1) is 20.1. The second kappa shape index (κ2) is 17.5. The molecule has 0 aliphatic carbocycles. The summed E-state index contributed by atoms with van der Waals surface area (Å²) >= 11 is 0. The van der Waals surface area contributed by atoms with Gasteiger partial charge in [-0.1, -0.05) is 24.3 Å². The summed E-state index contributed by atoms with van der Waals surface area (Å²) in [4.78, 5) is 5.21. The quantitative estimate of drug-likeness (QED) is 0.216. The van der Waals surface area contributed by atoms with Crippen molar-refractivity contribution in [1.29, 1.82) is 0 Å². The first kappa shape index (κ1) is 32.2. The Morgan fingerprint density at radius 3 is 1.24 bits per heavy atom. The van der Waals surface area contributed by atoms with Crippen LogP contribution in [0.5, 0.6) is 34.5 Å². The Hall–Kier alpha value is -3.36. The minimum Gasteiger partial charge on any atom is -0.493 e. The van der Waals surface area contributed by atoms with Crippen molar-refractivity contribution in [3.63, 3.8) is 0 Å². The second-order valence-electron chi connectivity index (χ2n) is 10.1. The van der Waals surface area contributed by atoms with Crippen LogP contribution in [-0.2, 0) is 0 Å². The molecule has 0 unspecified atom stereocenters. The zero-order valence-corrected chi connectivity index (χ0v) is 25.7. The smallest absolute Gasteiger partial charge is 0.203 e. The van der Waals surface area contributed by atoms with Crippen LogP contribution < -0.4 is 28.4 Å². The van der Waals surface area contributed by atoms with Gasteiger partial charge in [0, 0.05) is 0 Å². The van der Waals surface area contributed by atoms with Crippen LogP contribution in [0.4, 0.5) is 0 Å². The van der Waals surface area contributed by atoms with Crippen molar-refractivity contribution >= 4 is 12.2 Å². The van der Waals surface area contributed by atoms with Crippen molar-refractivity contribution in [1.82, 2.24) is 9.80 Å². The number of allylic oxidation sites excluding steroid dienone is 2. The van der Waals surface area contributed by atoms with E-state index in [4.69, 9.17) is 28.4 Å². The van der Waals surface area contributed by atoms with Gasteiger partial charge >= 0.3 is 0 Å². The Bertz CT molecular complexity index is 995. The first-order valence-electron chi connectivity index (χ1n) is 14.4. The maximum atomic E-state index is 5.47. The fraction of sp³-hybridized carbons (Fsp3) is 0.515. The topological polar surface area (TPSA) is 61.9 Å². The summed E-state index contributed by atoms with van der Waals surface area (Å²) < 4.78 is 32.7. The van der Waals surface area contributed by atoms with Crippen molar-refractivity contribution in [2.24, 2.45) is 0 Å². The molecule has 0 spiro atoms. The van der Waals surface area contributed by atoms with E-state index in [1.807, 2.05) is 24.3 Å². The molecule has 1 aliphatic rings. The highest BCUT2D eigenvalue weighted by atomic mass is 16.5. The molecule has 41 heavy (non-hydrogen) atoms. The average molecular weight is 569 g/mol. The largest absolute Gasteiger partial charge is 0.493 e. The molecule has 1 aliphatic heterocycles. The molecule has 0 aromatic heterocycles. The van der Waals surface area contributed by atoms with Crippen molar-refractivity contribution in [3.8, 4) is 34.5 Å². The van der Waals surface area contributed by atoms with E-state index in [1.165, 1.54) is 25.9 Å². The molecule has 0 amide bonds. The summed E-state index contributed by atoms with van der Waals surface area (Å²) in [6, 6.07) is 7.91. The number of nitrogens with zero attached hydrogens (tertiary/aromatic N) is 2. The molecule has 1 heterocycles. The van der Waals surface area contributed by atoms with Crippen LogP contribution in [-0.4, -0.2) is 85.3 Å². The summed E-state index contributed by atoms with van der Waals surface area (Å²) in [6.07, 6.45) is 15.6. The molecule has 8 heteroatoms. The molecule has 1 saturated heterocycles. The fourth-order valence-electron chi connectivity index (χ4n) is 5.16. The number of benzene rings is 2. The van der Waals surface area contributed by atoms with Gasteiger partial charge in [-0.15, -0.1) is 0 Å². The van der Waals surface area contributed by atoms with E-state index in [1.54, 1.807) is 42.7 Å². The van der Waals surface area contributed by atoms with Crippen molar-refractivity contribution in [2.45, 2.75) is 38.5 Å². The third-order valence-electron chi connectivity index (χ3n) is 7.28. The number of hydrogen-bond donors (Lipinski definition) is 0. The lowest BCUT2D eigenvalue weighted by Gasteiger charge is -2.27. The van der Waals surface area contributed by atoms with Gasteiger partial charge in [-0.25, -0.2) is 0 Å². The molecule has 0 atom stereocenters. The minimum absolute atomic E-state index is 0.618. The van der Waals surface area contributed by atoms with Gasteiger partial charge in [-0.2, -0.15) is 0 Å². The number of methoxy groups -OCH3 is 6. The lowest BCUT2D eigenvalue weighted by molar-refractivity contribution is 0.153. The standard InChI is InChI=1S/C33H48N2O6/c1-36-28-21-26(22-29(37-2)32(28)40-5)15-9-7-11-17-34-19-13-14-20-35(25-34)18-12-8-10-16-27-23-30(38-3)33(41-6)31(24-27)39-4/h9-10,15-16,21-24H,7-8,11-14,17-20,25H2,1-6H3/b15-9+,16-10+. The second-order valence-corrected chi connectivity index (χ2v) is 10.1. The van der Waals surface area contributed by atoms with Gasteiger partial charge in [-0.05, 0) is 100 Å². The van der Waals surface area contributed by atoms with E-state index in [0.29, 0.717) is 34.5 Å². The Labute approximate surface area is 246 Å². The van der Waals surface area contributed by atoms with E-state index in [-0.39, 0.29) is 0 Å². The van der Waals surface area contributed by atoms with Crippen molar-refractivity contribution < 1.29 is 28.4 Å². The summed E-state index contributed by atoms with van der Waals surface area (Å²) in [5.74, 6) is 3.93. The van der Waals surface area contributed by atoms with Gasteiger partial charge in [0.2, 0.25) is 11.5 Å². The molecule has 0 radical (unpaired) electrons. The number of unbranched alkanes of at least 4 members (excludes halogenated alkanes) is 2. The minimum atomic E-state index is 0.618. The molecule has 8 nitrogen and oxygen atoms in total. The fourth-order valence-corrected chi connectivity index (χ4v) is 5.16. The van der Waals surface area contributed by atoms with Crippen LogP contribution in [0.3, 0.4) is 0 Å². The van der Waals surface area contributed by atoms with Crippen LogP contribution in [0.25, 0.3) is 12.2 Å². The molecule has 226 valence electrons. The van der Waals surface area contributed by atoms with Crippen molar-refractivity contribution in [2.75, 3.05) is 75.5 Å². The molecule has 0 N–H and O–H groups in total. The number of ether oxygens (including phenoxy) is 6. The molecule has 3 rings (SSSR count). The van der Waals surface area contributed by atoms with Crippen LogP contribution in [0.15, 0.2) is 36.4 Å². The van der Waals surface area contributed by atoms with Crippen molar-refractivity contribution in [3.05, 3.63) is 47.5 Å². The Kier molecular flexibility index (Phi) is 13.7. The van der Waals surface area contributed by atoms with Crippen LogP contribution >= 0.6 is 0 Å². The van der Waals surface area contributed by atoms with Crippen LogP contribution in [0.2, 0.25) is 0 Å². The monoisotopic (exact) mass is 568 g/mol. The third-order valence-corrected chi connectivity index (χ3v) is 7.28. The third kappa shape index (κ3) is 9.61. The molecule has 0 saturated carbocycles. The van der Waals surface area contributed by atoms with Gasteiger partial charge in [0.25, 0.3) is 0 Å². The molecule has 2 aromatic carbocycles. The summed E-state index contributed by atoms with van der Waals surface area (Å²) in [5.41, 5.74) is 2.08. The Morgan fingerprint density at radius 1 is 0.561 bits per heavy atom. The summed E-state index contributed by atoms with van der Waals surface area (Å²) in [6.45, 7) is 5.61. The van der Waals surface area contributed by atoms with Gasteiger partial charge in [0.15, 0.2) is 23.0 Å². The number of hydrogen-bond acceptors (Lipinski definition) is 8. The summed E-state index contributed by atoms with van der Waals surface area (Å²) in [7, 11) is 9.81. The average Bonchev–Trinajstić information content (AvgIpc) is 3.24. The zero-order valence-electron chi connectivity index (χ0n) is 25.7. The SMILES string of the molecule is COc1cc(/C=C/CCCN2CCCCN(CCC/C=C/c3cc(OC)c(OC)c(OC)c3)C2)cc(OC)c1OC. The lowest BCUT2D eigenvalue weighted by atomic mass is 10.1. The molecule has 1 fully saturated rings. The highest BCUT2D eigenvalue weighted by molar-refractivity contribution is 5.63. The van der Waals surface area contributed by atoms with E-state index < -0.39 is 0 Å². The zero-order chi connectivity index (χ0) is 29.5. The maximum Gasteiger partial charge on any atom is 0.203 e. The molecule has 2 aromatic rings. The van der Waals surface area contributed by atoms with Gasteiger partial charge in [-0.3, -0.25) is 9.80 Å². The first-order valence-corrected chi connectivity index (χ1v) is 14.4. The molecular formula is C33H48N2O6. The van der Waals surface area contributed by atoms with E-state index in [9.17, 15) is 0 Å². The molecular weight excluding hydrogens is 520 g/mol. The maximum absolute atomic E-state index is 5.47. The van der Waals surface area contributed by atoms with Gasteiger partial charge < -0.3 is 28.4 Å². The summed E-state index contributed by atoms with van der Waals surface area (Å²) in [5, 5.41) is 0. The highest BCUT2D eigenvalue weighted by Gasteiger charge is 2.15. The Balaban J connectivity index is 1.43. The van der Waals surface area contributed by atoms with E-state index in [2.05, 4.69) is 34.1 Å². The highest BCUT2D eigenvalue weighted by Crippen LogP contribution is 2.39. The Morgan fingerprint density at radius 2 is 0.927 bits per heavy atom. The van der Waals surface area contributed by atoms with Crippen LogP contribution in [0, 0.1) is 0 Å². The van der Waals surface area contributed by atoms with Gasteiger partial charge in [0.1, 0.15) is 0 Å². The predicted molar refractivity (Wildman–Crippen MR) is 166 cm³/mol. The molecule has 0 bridgehead atoms.